The molecule has 2 nitrogen and oxygen atoms in total. The Morgan fingerprint density at radius 2 is 1.92 bits per heavy atom. The summed E-state index contributed by atoms with van der Waals surface area (Å²) in [5, 5.41) is 2.46. The highest BCUT2D eigenvalue weighted by atomic mass is 19.1. The van der Waals surface area contributed by atoms with Crippen LogP contribution < -0.4 is 5.32 Å². The number of carbonyl (C=O) groups is 1. The van der Waals surface area contributed by atoms with Crippen LogP contribution in [0.15, 0.2) is 12.1 Å². The first-order chi connectivity index (χ1) is 6.20. The van der Waals surface area contributed by atoms with E-state index >= 15 is 0 Å². The van der Waals surface area contributed by atoms with E-state index in [0.29, 0.717) is 13.0 Å². The average Bonchev–Trinajstić information content (AvgIpc) is 2.12. The Hall–Kier alpha value is -1.45. The summed E-state index contributed by atoms with van der Waals surface area (Å²) < 4.78 is 26.2. The summed E-state index contributed by atoms with van der Waals surface area (Å²) in [6, 6.07) is 2.02. The summed E-state index contributed by atoms with van der Waals surface area (Å²) in [6.07, 6.45) is 0.352. The molecule has 0 radical (unpaired) electrons. The third kappa shape index (κ3) is 1.18. The Bertz CT molecular complexity index is 376. The number of carbonyl (C=O) groups excluding carboxylic acids is 1. The number of halogens is 2. The van der Waals surface area contributed by atoms with Gasteiger partial charge >= 0.3 is 0 Å². The van der Waals surface area contributed by atoms with Crippen LogP contribution in [0.2, 0.25) is 0 Å². The molecule has 1 aliphatic rings. The molecular formula is C9H7F2NO. The van der Waals surface area contributed by atoms with Crippen LogP contribution in [0, 0.1) is 11.6 Å². The van der Waals surface area contributed by atoms with Gasteiger partial charge in [0, 0.05) is 12.1 Å². The van der Waals surface area contributed by atoms with Gasteiger partial charge in [0.15, 0.2) is 0 Å². The molecular weight excluding hydrogens is 176 g/mol. The van der Waals surface area contributed by atoms with Gasteiger partial charge in [-0.2, -0.15) is 0 Å². The molecule has 1 aromatic carbocycles. The fourth-order valence-corrected chi connectivity index (χ4v) is 1.47. The third-order valence-corrected chi connectivity index (χ3v) is 2.09. The monoisotopic (exact) mass is 183 g/mol. The Balaban J connectivity index is 2.67. The number of nitrogens with one attached hydrogen (secondary N) is 1. The van der Waals surface area contributed by atoms with Crippen LogP contribution in [0.3, 0.4) is 0 Å². The highest BCUT2D eigenvalue weighted by Gasteiger charge is 2.23. The molecule has 13 heavy (non-hydrogen) atoms. The molecule has 2 rings (SSSR count). The summed E-state index contributed by atoms with van der Waals surface area (Å²) in [5.41, 5.74) is 0.0370. The van der Waals surface area contributed by atoms with Gasteiger partial charge in [0.25, 0.3) is 5.91 Å². The lowest BCUT2D eigenvalue weighted by molar-refractivity contribution is 0.0940. The highest BCUT2D eigenvalue weighted by molar-refractivity contribution is 5.97. The van der Waals surface area contributed by atoms with Gasteiger partial charge in [-0.3, -0.25) is 4.79 Å². The quantitative estimate of drug-likeness (QED) is 0.644. The van der Waals surface area contributed by atoms with Crippen molar-refractivity contribution < 1.29 is 13.6 Å². The van der Waals surface area contributed by atoms with Crippen LogP contribution in [0.1, 0.15) is 15.9 Å². The van der Waals surface area contributed by atoms with E-state index in [0.717, 1.165) is 12.1 Å². The fourth-order valence-electron chi connectivity index (χ4n) is 1.47. The second kappa shape index (κ2) is 2.80. The van der Waals surface area contributed by atoms with Crippen LogP contribution in [0.5, 0.6) is 0 Å². The molecule has 0 aromatic heterocycles. The summed E-state index contributed by atoms with van der Waals surface area (Å²) in [5.74, 6) is -1.70. The molecule has 0 aliphatic carbocycles. The molecule has 0 fully saturated rings. The molecule has 0 unspecified atom stereocenters. The molecule has 1 aromatic rings. The van der Waals surface area contributed by atoms with E-state index in [1.165, 1.54) is 0 Å². The standard InChI is InChI=1S/C9H7F2NO/c10-6-1-2-7(11)8-5(6)3-4-12-9(8)13/h1-2H,3-4H2,(H,12,13). The molecule has 0 spiro atoms. The Labute approximate surface area is 73.6 Å². The Morgan fingerprint density at radius 1 is 1.23 bits per heavy atom. The molecule has 1 N–H and O–H groups in total. The SMILES string of the molecule is O=C1NCCc2c(F)ccc(F)c21. The van der Waals surface area contributed by atoms with E-state index in [4.69, 9.17) is 0 Å². The predicted molar refractivity (Wildman–Crippen MR) is 42.4 cm³/mol. The first-order valence-corrected chi connectivity index (χ1v) is 3.95. The minimum absolute atomic E-state index is 0.147. The summed E-state index contributed by atoms with van der Waals surface area (Å²) >= 11 is 0. The van der Waals surface area contributed by atoms with Gasteiger partial charge in [-0.15, -0.1) is 0 Å². The average molecular weight is 183 g/mol. The molecule has 68 valence electrons. The van der Waals surface area contributed by atoms with Gasteiger partial charge in [-0.05, 0) is 18.6 Å². The minimum Gasteiger partial charge on any atom is -0.352 e. The normalized spacial score (nSPS) is 15.1. The number of amides is 1. The van der Waals surface area contributed by atoms with Gasteiger partial charge in [0.05, 0.1) is 5.56 Å². The van der Waals surface area contributed by atoms with Gasteiger partial charge < -0.3 is 5.32 Å². The van der Waals surface area contributed by atoms with Crippen LogP contribution in [-0.4, -0.2) is 12.5 Å². The number of hydrogen-bond acceptors (Lipinski definition) is 1. The lowest BCUT2D eigenvalue weighted by Crippen LogP contribution is -2.33. The smallest absolute Gasteiger partial charge is 0.254 e. The maximum Gasteiger partial charge on any atom is 0.254 e. The zero-order valence-electron chi connectivity index (χ0n) is 6.73. The van der Waals surface area contributed by atoms with Crippen molar-refractivity contribution in [2.75, 3.05) is 6.54 Å². The van der Waals surface area contributed by atoms with E-state index < -0.39 is 17.5 Å². The van der Waals surface area contributed by atoms with Gasteiger partial charge in [0.1, 0.15) is 11.6 Å². The van der Waals surface area contributed by atoms with E-state index in [1.807, 2.05) is 0 Å². The molecule has 0 bridgehead atoms. The number of hydrogen-bond donors (Lipinski definition) is 1. The first-order valence-electron chi connectivity index (χ1n) is 3.95. The van der Waals surface area contributed by atoms with Gasteiger partial charge in [-0.1, -0.05) is 0 Å². The number of fused-ring (bicyclic) bond motifs is 1. The van der Waals surface area contributed by atoms with E-state index in [2.05, 4.69) is 5.32 Å². The number of rotatable bonds is 0. The molecule has 0 saturated heterocycles. The zero-order chi connectivity index (χ0) is 9.42. The molecule has 0 saturated carbocycles. The topological polar surface area (TPSA) is 29.1 Å². The maximum absolute atomic E-state index is 13.1. The highest BCUT2D eigenvalue weighted by Crippen LogP contribution is 2.20. The second-order valence-electron chi connectivity index (χ2n) is 2.89. The van der Waals surface area contributed by atoms with Crippen molar-refractivity contribution in [2.24, 2.45) is 0 Å². The summed E-state index contributed by atoms with van der Waals surface area (Å²) in [7, 11) is 0. The summed E-state index contributed by atoms with van der Waals surface area (Å²) in [4.78, 5) is 11.1. The van der Waals surface area contributed by atoms with E-state index in [1.54, 1.807) is 0 Å². The lowest BCUT2D eigenvalue weighted by atomic mass is 9.99. The second-order valence-corrected chi connectivity index (χ2v) is 2.89. The van der Waals surface area contributed by atoms with Crippen molar-refractivity contribution in [3.63, 3.8) is 0 Å². The van der Waals surface area contributed by atoms with Crippen LogP contribution in [0.4, 0.5) is 8.78 Å². The molecule has 0 atom stereocenters. The van der Waals surface area contributed by atoms with Crippen LogP contribution in [0.25, 0.3) is 0 Å². The zero-order valence-corrected chi connectivity index (χ0v) is 6.73. The van der Waals surface area contributed by atoms with E-state index in [-0.39, 0.29) is 11.1 Å². The Kier molecular flexibility index (Phi) is 1.76. The fraction of sp³-hybridized carbons (Fsp3) is 0.222. The van der Waals surface area contributed by atoms with Crippen molar-refractivity contribution >= 4 is 5.91 Å². The van der Waals surface area contributed by atoms with Crippen molar-refractivity contribution in [2.45, 2.75) is 6.42 Å². The number of benzene rings is 1. The van der Waals surface area contributed by atoms with Gasteiger partial charge in [0.2, 0.25) is 0 Å². The minimum atomic E-state index is -0.659. The van der Waals surface area contributed by atoms with Crippen LogP contribution in [-0.2, 0) is 6.42 Å². The van der Waals surface area contributed by atoms with Crippen molar-refractivity contribution in [1.82, 2.24) is 5.32 Å². The lowest BCUT2D eigenvalue weighted by Gasteiger charge is -2.16. The maximum atomic E-state index is 13.1. The third-order valence-electron chi connectivity index (χ3n) is 2.09. The van der Waals surface area contributed by atoms with Crippen molar-refractivity contribution in [3.8, 4) is 0 Å². The molecule has 4 heteroatoms. The summed E-state index contributed by atoms with van der Waals surface area (Å²) in [6.45, 7) is 0.367. The van der Waals surface area contributed by atoms with E-state index in [9.17, 15) is 13.6 Å². The molecule has 1 aliphatic heterocycles. The van der Waals surface area contributed by atoms with Gasteiger partial charge in [-0.25, -0.2) is 8.78 Å². The van der Waals surface area contributed by atoms with Crippen molar-refractivity contribution in [1.29, 1.82) is 0 Å². The molecule has 1 heterocycles. The Morgan fingerprint density at radius 3 is 2.62 bits per heavy atom. The van der Waals surface area contributed by atoms with Crippen LogP contribution >= 0.6 is 0 Å². The molecule has 1 amide bonds. The largest absolute Gasteiger partial charge is 0.352 e. The first kappa shape index (κ1) is 8.16. The predicted octanol–water partition coefficient (Wildman–Crippen LogP) is 1.25. The van der Waals surface area contributed by atoms with Crippen molar-refractivity contribution in [3.05, 3.63) is 34.9 Å².